The van der Waals surface area contributed by atoms with E-state index in [1.165, 1.54) is 0 Å². The number of nitrogens with zero attached hydrogens (tertiary/aromatic N) is 5. The first-order valence-electron chi connectivity index (χ1n) is 16.6. The van der Waals surface area contributed by atoms with Gasteiger partial charge in [0.2, 0.25) is 0 Å². The number of hydrogen-bond acceptors (Lipinski definition) is 5. The molecule has 0 radical (unpaired) electrons. The molecule has 0 amide bonds. The Balaban J connectivity index is 1.20. The summed E-state index contributed by atoms with van der Waals surface area (Å²) in [4.78, 5) is 19.7. The minimum Gasteiger partial charge on any atom is -0.456 e. The second-order valence-corrected chi connectivity index (χ2v) is 12.3. The lowest BCUT2D eigenvalue weighted by Gasteiger charge is -2.14. The molecule has 6 heteroatoms. The molecule has 0 unspecified atom stereocenters. The number of aromatic nitrogens is 5. The van der Waals surface area contributed by atoms with Gasteiger partial charge in [-0.3, -0.25) is 4.98 Å². The van der Waals surface area contributed by atoms with Gasteiger partial charge in [0.15, 0.2) is 17.5 Å². The van der Waals surface area contributed by atoms with Crippen LogP contribution in [0.2, 0.25) is 0 Å². The van der Waals surface area contributed by atoms with Crippen LogP contribution in [0.3, 0.4) is 0 Å². The van der Waals surface area contributed by atoms with Gasteiger partial charge in [0.05, 0.1) is 22.9 Å². The zero-order valence-electron chi connectivity index (χ0n) is 26.7. The average molecular weight is 642 g/mol. The average Bonchev–Trinajstić information content (AvgIpc) is 3.74. The summed E-state index contributed by atoms with van der Waals surface area (Å²) < 4.78 is 8.51. The van der Waals surface area contributed by atoms with Crippen molar-refractivity contribution in [2.75, 3.05) is 0 Å². The molecule has 10 aromatic rings. The van der Waals surface area contributed by atoms with Crippen molar-refractivity contribution in [3.05, 3.63) is 164 Å². The maximum atomic E-state index is 6.24. The van der Waals surface area contributed by atoms with Crippen LogP contribution in [0.1, 0.15) is 0 Å². The van der Waals surface area contributed by atoms with Crippen molar-refractivity contribution < 1.29 is 4.42 Å². The van der Waals surface area contributed by atoms with E-state index in [0.717, 1.165) is 77.2 Å². The highest BCUT2D eigenvalue weighted by Gasteiger charge is 2.20. The highest BCUT2D eigenvalue weighted by atomic mass is 16.3. The second kappa shape index (κ2) is 11.4. The molecule has 6 nitrogen and oxygen atoms in total. The predicted molar refractivity (Wildman–Crippen MR) is 201 cm³/mol. The van der Waals surface area contributed by atoms with Crippen molar-refractivity contribution in [3.8, 4) is 51.0 Å². The van der Waals surface area contributed by atoms with E-state index in [0.29, 0.717) is 17.5 Å². The summed E-state index contributed by atoms with van der Waals surface area (Å²) in [6.45, 7) is 0. The van der Waals surface area contributed by atoms with E-state index in [1.807, 2.05) is 91.1 Å². The molecule has 0 spiro atoms. The van der Waals surface area contributed by atoms with E-state index < -0.39 is 0 Å². The first kappa shape index (κ1) is 28.1. The quantitative estimate of drug-likeness (QED) is 0.187. The molecular formula is C44H27N5O. The fraction of sp³-hybridized carbons (Fsp3) is 0. The van der Waals surface area contributed by atoms with Gasteiger partial charge in [0, 0.05) is 44.4 Å². The Morgan fingerprint density at radius 3 is 1.86 bits per heavy atom. The number of hydrogen-bond donors (Lipinski definition) is 0. The van der Waals surface area contributed by atoms with Crippen molar-refractivity contribution in [2.45, 2.75) is 0 Å². The summed E-state index contributed by atoms with van der Waals surface area (Å²) in [6, 6.07) is 51.9. The Bertz CT molecular complexity index is 2820. The molecule has 6 aromatic carbocycles. The van der Waals surface area contributed by atoms with Crippen molar-refractivity contribution in [2.24, 2.45) is 0 Å². The Morgan fingerprint density at radius 2 is 1.08 bits per heavy atom. The van der Waals surface area contributed by atoms with Gasteiger partial charge in [-0.05, 0) is 47.5 Å². The molecule has 0 aliphatic heterocycles. The molecule has 0 N–H and O–H groups in total. The standard InChI is InChI=1S/C44H27N5O/c1-3-12-28(13-4-1)42-46-43(29-14-5-2-6-15-29)48-44(47-42)33-24-25-45-27-38(33)49-36-19-9-7-16-32(36)35-26-30(22-23-37(35)49)31-18-11-21-40-41(31)34-17-8-10-20-39(34)50-40/h1-27H. The van der Waals surface area contributed by atoms with Crippen molar-refractivity contribution in [1.82, 2.24) is 24.5 Å². The third-order valence-electron chi connectivity index (χ3n) is 9.37. The number of para-hydroxylation sites is 2. The van der Waals surface area contributed by atoms with Crippen LogP contribution >= 0.6 is 0 Å². The predicted octanol–water partition coefficient (Wildman–Crippen LogP) is 10.9. The smallest absolute Gasteiger partial charge is 0.166 e. The van der Waals surface area contributed by atoms with Gasteiger partial charge in [0.1, 0.15) is 11.2 Å². The summed E-state index contributed by atoms with van der Waals surface area (Å²) in [5, 5.41) is 4.53. The first-order valence-corrected chi connectivity index (χ1v) is 16.6. The number of fused-ring (bicyclic) bond motifs is 6. The van der Waals surface area contributed by atoms with Gasteiger partial charge in [-0.15, -0.1) is 0 Å². The Morgan fingerprint density at radius 1 is 0.440 bits per heavy atom. The summed E-state index contributed by atoms with van der Waals surface area (Å²) in [7, 11) is 0. The topological polar surface area (TPSA) is 69.6 Å². The van der Waals surface area contributed by atoms with Crippen molar-refractivity contribution in [3.63, 3.8) is 0 Å². The van der Waals surface area contributed by atoms with Crippen LogP contribution in [0.5, 0.6) is 0 Å². The third-order valence-corrected chi connectivity index (χ3v) is 9.37. The fourth-order valence-corrected chi connectivity index (χ4v) is 7.10. The summed E-state index contributed by atoms with van der Waals surface area (Å²) in [6.07, 6.45) is 3.70. The van der Waals surface area contributed by atoms with Gasteiger partial charge in [-0.1, -0.05) is 115 Å². The molecule has 0 atom stereocenters. The van der Waals surface area contributed by atoms with Crippen molar-refractivity contribution >= 4 is 43.7 Å². The normalized spacial score (nSPS) is 11.6. The van der Waals surface area contributed by atoms with Gasteiger partial charge < -0.3 is 8.98 Å². The minimum atomic E-state index is 0.580. The zero-order valence-corrected chi connectivity index (χ0v) is 26.7. The molecule has 4 aromatic heterocycles. The maximum absolute atomic E-state index is 6.24. The molecule has 234 valence electrons. The maximum Gasteiger partial charge on any atom is 0.166 e. The molecular weight excluding hydrogens is 615 g/mol. The minimum absolute atomic E-state index is 0.580. The first-order chi connectivity index (χ1) is 24.8. The van der Waals surface area contributed by atoms with Crippen LogP contribution in [0.4, 0.5) is 0 Å². The van der Waals surface area contributed by atoms with Gasteiger partial charge in [0.25, 0.3) is 0 Å². The number of benzene rings is 6. The van der Waals surface area contributed by atoms with Crippen LogP contribution < -0.4 is 0 Å². The van der Waals surface area contributed by atoms with E-state index in [1.54, 1.807) is 6.20 Å². The number of furan rings is 1. The lowest BCUT2D eigenvalue weighted by Crippen LogP contribution is -2.04. The molecule has 10 rings (SSSR count). The van der Waals surface area contributed by atoms with E-state index in [-0.39, 0.29) is 0 Å². The Hall–Kier alpha value is -6.92. The molecule has 0 saturated carbocycles. The zero-order chi connectivity index (χ0) is 33.0. The fourth-order valence-electron chi connectivity index (χ4n) is 7.10. The molecule has 0 saturated heterocycles. The highest BCUT2D eigenvalue weighted by Crippen LogP contribution is 2.41. The summed E-state index contributed by atoms with van der Waals surface area (Å²) >= 11 is 0. The van der Waals surface area contributed by atoms with Gasteiger partial charge in [-0.25, -0.2) is 15.0 Å². The lowest BCUT2D eigenvalue weighted by molar-refractivity contribution is 0.669. The van der Waals surface area contributed by atoms with Gasteiger partial charge in [-0.2, -0.15) is 0 Å². The van der Waals surface area contributed by atoms with Crippen LogP contribution in [-0.2, 0) is 0 Å². The summed E-state index contributed by atoms with van der Waals surface area (Å²) in [5.74, 6) is 1.81. The number of pyridine rings is 1. The molecule has 0 aliphatic carbocycles. The monoisotopic (exact) mass is 641 g/mol. The molecule has 50 heavy (non-hydrogen) atoms. The largest absolute Gasteiger partial charge is 0.456 e. The molecule has 0 aliphatic rings. The van der Waals surface area contributed by atoms with Gasteiger partial charge >= 0.3 is 0 Å². The number of rotatable bonds is 5. The van der Waals surface area contributed by atoms with E-state index in [9.17, 15) is 0 Å². The third kappa shape index (κ3) is 4.50. The van der Waals surface area contributed by atoms with E-state index in [4.69, 9.17) is 19.4 Å². The highest BCUT2D eigenvalue weighted by molar-refractivity contribution is 6.15. The van der Waals surface area contributed by atoms with Crippen LogP contribution in [0, 0.1) is 0 Å². The molecule has 4 heterocycles. The molecule has 0 fully saturated rings. The van der Waals surface area contributed by atoms with E-state index in [2.05, 4.69) is 76.3 Å². The Labute approximate surface area is 287 Å². The molecule has 0 bridgehead atoms. The van der Waals surface area contributed by atoms with Crippen LogP contribution in [0.25, 0.3) is 94.7 Å². The summed E-state index contributed by atoms with van der Waals surface area (Å²) in [5.41, 5.74) is 9.77. The van der Waals surface area contributed by atoms with Crippen LogP contribution in [0.15, 0.2) is 168 Å². The van der Waals surface area contributed by atoms with Crippen LogP contribution in [-0.4, -0.2) is 24.5 Å². The van der Waals surface area contributed by atoms with E-state index >= 15 is 0 Å². The second-order valence-electron chi connectivity index (χ2n) is 12.3. The SMILES string of the molecule is c1ccc(-c2nc(-c3ccccc3)nc(-c3ccncc3-n3c4ccccc4c4cc(-c5cccc6oc7ccccc7c56)ccc43)n2)cc1. The Kier molecular flexibility index (Phi) is 6.39. The van der Waals surface area contributed by atoms with Crippen molar-refractivity contribution in [1.29, 1.82) is 0 Å². The lowest BCUT2D eigenvalue weighted by atomic mass is 9.98.